The number of hydrogen-bond donors (Lipinski definition) is 2. The highest BCUT2D eigenvalue weighted by Crippen LogP contribution is 2.24. The number of carbonyl (C=O) groups is 1. The van der Waals surface area contributed by atoms with Crippen LogP contribution in [0.2, 0.25) is 0 Å². The van der Waals surface area contributed by atoms with Crippen molar-refractivity contribution in [2.45, 2.75) is 0 Å². The van der Waals surface area contributed by atoms with E-state index in [-0.39, 0.29) is 11.3 Å². The van der Waals surface area contributed by atoms with Crippen LogP contribution in [-0.4, -0.2) is 37.9 Å². The molecule has 0 saturated carbocycles. The van der Waals surface area contributed by atoms with E-state index in [1.165, 1.54) is 19.2 Å². The summed E-state index contributed by atoms with van der Waals surface area (Å²) in [6, 6.07) is 9.59. The Morgan fingerprint density at radius 1 is 1.29 bits per heavy atom. The molecule has 3 aromatic rings. The number of phenolic OH excluding ortho intramolecular Hbond substituents is 1. The van der Waals surface area contributed by atoms with Crippen LogP contribution < -0.4 is 10.1 Å². The quantitative estimate of drug-likeness (QED) is 0.759. The van der Waals surface area contributed by atoms with Crippen molar-refractivity contribution in [3.8, 4) is 23.0 Å². The molecule has 0 atom stereocenters. The molecule has 2 aromatic heterocycles. The van der Waals surface area contributed by atoms with Gasteiger partial charge in [0.25, 0.3) is 5.91 Å². The summed E-state index contributed by atoms with van der Waals surface area (Å²) in [4.78, 5) is 16.7. The molecule has 8 nitrogen and oxygen atoms in total. The van der Waals surface area contributed by atoms with E-state index in [0.29, 0.717) is 23.1 Å². The molecule has 3 rings (SSSR count). The number of aryl methyl sites for hydroxylation is 1. The number of amides is 1. The molecule has 0 fully saturated rings. The van der Waals surface area contributed by atoms with Gasteiger partial charge in [-0.3, -0.25) is 4.79 Å². The molecule has 0 aliphatic heterocycles. The minimum absolute atomic E-state index is 0.0974. The Labute approximate surface area is 137 Å². The van der Waals surface area contributed by atoms with Crippen molar-refractivity contribution in [1.29, 1.82) is 0 Å². The molecule has 0 unspecified atom stereocenters. The lowest BCUT2D eigenvalue weighted by Crippen LogP contribution is -2.13. The van der Waals surface area contributed by atoms with E-state index < -0.39 is 5.91 Å². The summed E-state index contributed by atoms with van der Waals surface area (Å²) in [7, 11) is 3.29. The first-order valence-electron chi connectivity index (χ1n) is 7.08. The highest BCUT2D eigenvalue weighted by Gasteiger charge is 2.14. The van der Waals surface area contributed by atoms with E-state index in [1.807, 2.05) is 0 Å². The van der Waals surface area contributed by atoms with E-state index in [0.717, 1.165) is 0 Å². The zero-order chi connectivity index (χ0) is 17.1. The smallest absolute Gasteiger partial charge is 0.260 e. The second-order valence-electron chi connectivity index (χ2n) is 5.01. The lowest BCUT2D eigenvalue weighted by Gasteiger charge is -2.09. The summed E-state index contributed by atoms with van der Waals surface area (Å²) in [5, 5.41) is 20.3. The van der Waals surface area contributed by atoms with Gasteiger partial charge in [0.15, 0.2) is 5.82 Å². The fourth-order valence-corrected chi connectivity index (χ4v) is 2.15. The Hall–Kier alpha value is -3.42. The number of benzene rings is 1. The zero-order valence-corrected chi connectivity index (χ0v) is 13.1. The van der Waals surface area contributed by atoms with E-state index in [9.17, 15) is 9.90 Å². The second kappa shape index (κ2) is 6.37. The van der Waals surface area contributed by atoms with Crippen LogP contribution in [0.25, 0.3) is 11.5 Å². The third kappa shape index (κ3) is 3.02. The number of aromatic hydroxyl groups is 1. The van der Waals surface area contributed by atoms with Gasteiger partial charge >= 0.3 is 0 Å². The number of nitrogens with zero attached hydrogens (tertiary/aromatic N) is 4. The summed E-state index contributed by atoms with van der Waals surface area (Å²) in [5.41, 5.74) is 0.669. The first kappa shape index (κ1) is 15.5. The van der Waals surface area contributed by atoms with E-state index in [1.54, 1.807) is 42.2 Å². The fraction of sp³-hybridized carbons (Fsp3) is 0.125. The van der Waals surface area contributed by atoms with Gasteiger partial charge in [-0.1, -0.05) is 6.07 Å². The predicted octanol–water partition coefficient (Wildman–Crippen LogP) is 1.84. The Morgan fingerprint density at radius 2 is 2.12 bits per heavy atom. The summed E-state index contributed by atoms with van der Waals surface area (Å²) >= 11 is 0. The lowest BCUT2D eigenvalue weighted by atomic mass is 10.1. The first-order valence-corrected chi connectivity index (χ1v) is 7.08. The van der Waals surface area contributed by atoms with Crippen molar-refractivity contribution in [2.75, 3.05) is 12.4 Å². The third-order valence-corrected chi connectivity index (χ3v) is 3.38. The topological polar surface area (TPSA) is 102 Å². The van der Waals surface area contributed by atoms with E-state index in [4.69, 9.17) is 4.74 Å². The number of rotatable bonds is 4. The fourth-order valence-electron chi connectivity index (χ4n) is 2.15. The van der Waals surface area contributed by atoms with Gasteiger partial charge in [0.05, 0.1) is 12.7 Å². The lowest BCUT2D eigenvalue weighted by molar-refractivity contribution is 0.102. The maximum absolute atomic E-state index is 12.4. The second-order valence-corrected chi connectivity index (χ2v) is 5.01. The predicted molar refractivity (Wildman–Crippen MR) is 86.8 cm³/mol. The molecule has 1 aromatic carbocycles. The van der Waals surface area contributed by atoms with E-state index in [2.05, 4.69) is 20.5 Å². The number of anilines is 1. The van der Waals surface area contributed by atoms with Gasteiger partial charge < -0.3 is 19.7 Å². The Morgan fingerprint density at radius 3 is 2.83 bits per heavy atom. The van der Waals surface area contributed by atoms with Gasteiger partial charge in [-0.2, -0.15) is 0 Å². The van der Waals surface area contributed by atoms with Crippen molar-refractivity contribution in [3.05, 3.63) is 48.3 Å². The van der Waals surface area contributed by atoms with Gasteiger partial charge in [0, 0.05) is 7.05 Å². The number of ether oxygens (including phenoxy) is 1. The minimum atomic E-state index is -0.492. The maximum atomic E-state index is 12.4. The zero-order valence-electron chi connectivity index (χ0n) is 13.1. The number of hydrogen-bond acceptors (Lipinski definition) is 6. The van der Waals surface area contributed by atoms with Crippen LogP contribution in [0.1, 0.15) is 10.4 Å². The SMILES string of the molecule is COc1ccc(O)c(C(=O)Nc2cccc(-c3nncn3C)n2)c1. The monoisotopic (exact) mass is 325 g/mol. The third-order valence-electron chi connectivity index (χ3n) is 3.38. The van der Waals surface area contributed by atoms with Crippen molar-refractivity contribution in [1.82, 2.24) is 19.7 Å². The number of aromatic nitrogens is 4. The molecule has 8 heteroatoms. The Kier molecular flexibility index (Phi) is 4.11. The van der Waals surface area contributed by atoms with Crippen LogP contribution in [0, 0.1) is 0 Å². The molecule has 2 N–H and O–H groups in total. The van der Waals surface area contributed by atoms with Crippen LogP contribution in [0.15, 0.2) is 42.7 Å². The normalized spacial score (nSPS) is 10.4. The van der Waals surface area contributed by atoms with Crippen molar-refractivity contribution in [3.63, 3.8) is 0 Å². The highest BCUT2D eigenvalue weighted by atomic mass is 16.5. The molecule has 24 heavy (non-hydrogen) atoms. The summed E-state index contributed by atoms with van der Waals surface area (Å²) in [5.74, 6) is 0.753. The number of nitrogens with one attached hydrogen (secondary N) is 1. The highest BCUT2D eigenvalue weighted by molar-refractivity contribution is 6.06. The number of pyridine rings is 1. The van der Waals surface area contributed by atoms with Crippen LogP contribution in [0.5, 0.6) is 11.5 Å². The molecule has 1 amide bonds. The Balaban J connectivity index is 1.86. The van der Waals surface area contributed by atoms with E-state index >= 15 is 0 Å². The number of carbonyl (C=O) groups excluding carboxylic acids is 1. The van der Waals surface area contributed by atoms with Gasteiger partial charge in [-0.15, -0.1) is 10.2 Å². The summed E-state index contributed by atoms with van der Waals surface area (Å²) in [6.45, 7) is 0. The average molecular weight is 325 g/mol. The number of phenols is 1. The van der Waals surface area contributed by atoms with Crippen LogP contribution in [0.3, 0.4) is 0 Å². The molecular weight excluding hydrogens is 310 g/mol. The largest absolute Gasteiger partial charge is 0.507 e. The molecule has 0 aliphatic carbocycles. The van der Waals surface area contributed by atoms with Crippen LogP contribution in [-0.2, 0) is 7.05 Å². The van der Waals surface area contributed by atoms with Gasteiger partial charge in [-0.05, 0) is 30.3 Å². The molecule has 0 bridgehead atoms. The molecule has 0 spiro atoms. The summed E-state index contributed by atoms with van der Waals surface area (Å²) < 4.78 is 6.79. The molecular formula is C16H15N5O3. The summed E-state index contributed by atoms with van der Waals surface area (Å²) in [6.07, 6.45) is 1.57. The van der Waals surface area contributed by atoms with Crippen molar-refractivity contribution >= 4 is 11.7 Å². The molecule has 0 saturated heterocycles. The molecule has 122 valence electrons. The molecule has 2 heterocycles. The standard InChI is InChI=1S/C16H15N5O3/c1-21-9-17-20-15(21)12-4-3-5-14(18-12)19-16(23)11-8-10(24-2)6-7-13(11)22/h3-9,22H,1-2H3,(H,18,19,23). The molecule has 0 radical (unpaired) electrons. The van der Waals surface area contributed by atoms with Crippen LogP contribution in [0.4, 0.5) is 5.82 Å². The van der Waals surface area contributed by atoms with Gasteiger partial charge in [0.1, 0.15) is 29.3 Å². The van der Waals surface area contributed by atoms with Gasteiger partial charge in [0.2, 0.25) is 0 Å². The van der Waals surface area contributed by atoms with Crippen molar-refractivity contribution in [2.24, 2.45) is 7.05 Å². The van der Waals surface area contributed by atoms with Crippen molar-refractivity contribution < 1.29 is 14.6 Å². The Bertz CT molecular complexity index is 891. The maximum Gasteiger partial charge on any atom is 0.260 e. The average Bonchev–Trinajstić information content (AvgIpc) is 3.01. The minimum Gasteiger partial charge on any atom is -0.507 e. The first-order chi connectivity index (χ1) is 11.6. The molecule has 0 aliphatic rings. The van der Waals surface area contributed by atoms with Crippen LogP contribution >= 0.6 is 0 Å². The number of methoxy groups -OCH3 is 1. The van der Waals surface area contributed by atoms with Gasteiger partial charge in [-0.25, -0.2) is 4.98 Å².